The molecule has 2 rings (SSSR count). The van der Waals surface area contributed by atoms with Crippen LogP contribution in [0.25, 0.3) is 11.3 Å². The zero-order valence-electron chi connectivity index (χ0n) is 8.42. The molecule has 0 aliphatic carbocycles. The van der Waals surface area contributed by atoms with Gasteiger partial charge in [0.05, 0.1) is 18.4 Å². The summed E-state index contributed by atoms with van der Waals surface area (Å²) in [7, 11) is 0. The number of rotatable bonds is 2. The Morgan fingerprint density at radius 1 is 1.47 bits per heavy atom. The molecule has 4 heteroatoms. The second-order valence-electron chi connectivity index (χ2n) is 3.41. The lowest BCUT2D eigenvalue weighted by molar-refractivity contribution is 0.950. The van der Waals surface area contributed by atoms with Crippen LogP contribution in [-0.2, 0) is 6.54 Å². The van der Waals surface area contributed by atoms with Crippen molar-refractivity contribution >= 4 is 15.9 Å². The topological polar surface area (TPSA) is 54.7 Å². The van der Waals surface area contributed by atoms with Crippen molar-refractivity contribution in [2.45, 2.75) is 13.5 Å². The number of benzene rings is 1. The maximum Gasteiger partial charge on any atom is 0.120 e. The molecule has 0 aliphatic heterocycles. The predicted molar refractivity (Wildman–Crippen MR) is 64.4 cm³/mol. The highest BCUT2D eigenvalue weighted by molar-refractivity contribution is 9.10. The second-order valence-corrected chi connectivity index (χ2v) is 4.32. The van der Waals surface area contributed by atoms with E-state index in [1.807, 2.05) is 12.3 Å². The van der Waals surface area contributed by atoms with E-state index in [-0.39, 0.29) is 0 Å². The third-order valence-corrected chi connectivity index (χ3v) is 2.80. The van der Waals surface area contributed by atoms with Gasteiger partial charge in [-0.25, -0.2) is 4.98 Å². The SMILES string of the molecule is Cc1ccc(Br)cc1-c1cnc(CN)[nH]1. The quantitative estimate of drug-likeness (QED) is 0.877. The largest absolute Gasteiger partial charge is 0.341 e. The van der Waals surface area contributed by atoms with E-state index in [0.29, 0.717) is 6.54 Å². The fraction of sp³-hybridized carbons (Fsp3) is 0.182. The lowest BCUT2D eigenvalue weighted by Gasteiger charge is -2.03. The average Bonchev–Trinajstić information content (AvgIpc) is 2.70. The maximum atomic E-state index is 5.51. The van der Waals surface area contributed by atoms with Crippen LogP contribution in [0.2, 0.25) is 0 Å². The summed E-state index contributed by atoms with van der Waals surface area (Å²) in [5, 5.41) is 0. The molecule has 0 saturated heterocycles. The fourth-order valence-corrected chi connectivity index (χ4v) is 1.85. The highest BCUT2D eigenvalue weighted by Gasteiger charge is 2.05. The van der Waals surface area contributed by atoms with Crippen molar-refractivity contribution in [2.24, 2.45) is 5.73 Å². The van der Waals surface area contributed by atoms with Crippen LogP contribution in [0.15, 0.2) is 28.9 Å². The van der Waals surface area contributed by atoms with Gasteiger partial charge in [-0.15, -0.1) is 0 Å². The van der Waals surface area contributed by atoms with Gasteiger partial charge in [0.15, 0.2) is 0 Å². The van der Waals surface area contributed by atoms with Crippen molar-refractivity contribution in [2.75, 3.05) is 0 Å². The van der Waals surface area contributed by atoms with Crippen LogP contribution >= 0.6 is 15.9 Å². The van der Waals surface area contributed by atoms with Crippen molar-refractivity contribution in [3.8, 4) is 11.3 Å². The van der Waals surface area contributed by atoms with Crippen molar-refractivity contribution < 1.29 is 0 Å². The Morgan fingerprint density at radius 3 is 2.93 bits per heavy atom. The molecule has 0 spiro atoms. The van der Waals surface area contributed by atoms with Gasteiger partial charge in [0.1, 0.15) is 5.82 Å². The Bertz CT molecular complexity index is 476. The van der Waals surface area contributed by atoms with E-state index < -0.39 is 0 Å². The van der Waals surface area contributed by atoms with Gasteiger partial charge in [-0.2, -0.15) is 0 Å². The smallest absolute Gasteiger partial charge is 0.120 e. The van der Waals surface area contributed by atoms with E-state index in [0.717, 1.165) is 21.6 Å². The number of aromatic nitrogens is 2. The average molecular weight is 266 g/mol. The third-order valence-electron chi connectivity index (χ3n) is 2.31. The van der Waals surface area contributed by atoms with Crippen LogP contribution in [0.4, 0.5) is 0 Å². The summed E-state index contributed by atoms with van der Waals surface area (Å²) in [6.45, 7) is 2.51. The molecule has 0 atom stereocenters. The molecule has 1 heterocycles. The summed E-state index contributed by atoms with van der Waals surface area (Å²) in [6, 6.07) is 6.17. The first-order chi connectivity index (χ1) is 7.20. The predicted octanol–water partition coefficient (Wildman–Crippen LogP) is 2.61. The molecular weight excluding hydrogens is 254 g/mol. The monoisotopic (exact) mass is 265 g/mol. The number of aromatic amines is 1. The molecule has 0 bridgehead atoms. The molecule has 2 aromatic rings. The Balaban J connectivity index is 2.48. The number of imidazole rings is 1. The number of hydrogen-bond donors (Lipinski definition) is 2. The molecule has 15 heavy (non-hydrogen) atoms. The van der Waals surface area contributed by atoms with Gasteiger partial charge in [0.25, 0.3) is 0 Å². The van der Waals surface area contributed by atoms with Crippen molar-refractivity contribution in [1.82, 2.24) is 9.97 Å². The number of H-pyrrole nitrogens is 1. The molecule has 0 fully saturated rings. The second kappa shape index (κ2) is 4.16. The van der Waals surface area contributed by atoms with Crippen molar-refractivity contribution in [3.05, 3.63) is 40.3 Å². The summed E-state index contributed by atoms with van der Waals surface area (Å²) in [5.41, 5.74) is 8.88. The Morgan fingerprint density at radius 2 is 2.27 bits per heavy atom. The van der Waals surface area contributed by atoms with Crippen molar-refractivity contribution in [1.29, 1.82) is 0 Å². The number of nitrogens with one attached hydrogen (secondary N) is 1. The third kappa shape index (κ3) is 2.11. The van der Waals surface area contributed by atoms with Gasteiger partial charge in [0, 0.05) is 10.0 Å². The van der Waals surface area contributed by atoms with Crippen LogP contribution in [0.1, 0.15) is 11.4 Å². The lowest BCUT2D eigenvalue weighted by atomic mass is 10.1. The fourth-order valence-electron chi connectivity index (χ4n) is 1.49. The summed E-state index contributed by atoms with van der Waals surface area (Å²) in [6.07, 6.45) is 1.82. The number of halogens is 1. The van der Waals surface area contributed by atoms with E-state index in [1.54, 1.807) is 0 Å². The minimum atomic E-state index is 0.438. The minimum absolute atomic E-state index is 0.438. The first kappa shape index (κ1) is 10.4. The molecule has 0 saturated carbocycles. The Labute approximate surface area is 96.9 Å². The van der Waals surface area contributed by atoms with Crippen LogP contribution < -0.4 is 5.73 Å². The zero-order chi connectivity index (χ0) is 10.8. The molecule has 1 aromatic heterocycles. The van der Waals surface area contributed by atoms with Gasteiger partial charge in [0.2, 0.25) is 0 Å². The van der Waals surface area contributed by atoms with Crippen LogP contribution in [0.5, 0.6) is 0 Å². The van der Waals surface area contributed by atoms with E-state index in [9.17, 15) is 0 Å². The van der Waals surface area contributed by atoms with Crippen LogP contribution in [0.3, 0.4) is 0 Å². The van der Waals surface area contributed by atoms with Gasteiger partial charge >= 0.3 is 0 Å². The number of nitrogens with zero attached hydrogens (tertiary/aromatic N) is 1. The van der Waals surface area contributed by atoms with E-state index in [2.05, 4.69) is 45.0 Å². The summed E-state index contributed by atoms with van der Waals surface area (Å²) >= 11 is 3.46. The first-order valence-corrected chi connectivity index (χ1v) is 5.50. The van der Waals surface area contributed by atoms with E-state index in [4.69, 9.17) is 5.73 Å². The summed E-state index contributed by atoms with van der Waals surface area (Å²) in [5.74, 6) is 0.810. The van der Waals surface area contributed by atoms with Gasteiger partial charge in [-0.3, -0.25) is 0 Å². The van der Waals surface area contributed by atoms with Crippen molar-refractivity contribution in [3.63, 3.8) is 0 Å². The number of aryl methyl sites for hydroxylation is 1. The number of hydrogen-bond acceptors (Lipinski definition) is 2. The highest BCUT2D eigenvalue weighted by atomic mass is 79.9. The Kier molecular flexibility index (Phi) is 2.88. The Hall–Kier alpha value is -1.13. The standard InChI is InChI=1S/C11H12BrN3/c1-7-2-3-8(12)4-9(7)10-6-14-11(5-13)15-10/h2-4,6H,5,13H2,1H3,(H,14,15). The number of nitrogens with two attached hydrogens (primary N) is 1. The normalized spacial score (nSPS) is 10.6. The molecular formula is C11H12BrN3. The molecule has 0 amide bonds. The maximum absolute atomic E-state index is 5.51. The molecule has 0 aliphatic rings. The minimum Gasteiger partial charge on any atom is -0.341 e. The molecule has 1 aromatic carbocycles. The molecule has 78 valence electrons. The van der Waals surface area contributed by atoms with E-state index >= 15 is 0 Å². The van der Waals surface area contributed by atoms with Gasteiger partial charge < -0.3 is 10.7 Å². The zero-order valence-corrected chi connectivity index (χ0v) is 10.0. The van der Waals surface area contributed by atoms with E-state index in [1.165, 1.54) is 5.56 Å². The molecule has 0 unspecified atom stereocenters. The lowest BCUT2D eigenvalue weighted by Crippen LogP contribution is -1.97. The molecule has 0 radical (unpaired) electrons. The van der Waals surface area contributed by atoms with Gasteiger partial charge in [-0.1, -0.05) is 22.0 Å². The van der Waals surface area contributed by atoms with Crippen LogP contribution in [-0.4, -0.2) is 9.97 Å². The van der Waals surface area contributed by atoms with Crippen LogP contribution in [0, 0.1) is 6.92 Å². The summed E-state index contributed by atoms with van der Waals surface area (Å²) in [4.78, 5) is 7.38. The highest BCUT2D eigenvalue weighted by Crippen LogP contribution is 2.25. The first-order valence-electron chi connectivity index (χ1n) is 4.71. The van der Waals surface area contributed by atoms with Gasteiger partial charge in [-0.05, 0) is 24.6 Å². The molecule has 3 nitrogen and oxygen atoms in total. The molecule has 3 N–H and O–H groups in total. The summed E-state index contributed by atoms with van der Waals surface area (Å²) < 4.78 is 1.06.